The number of nitrogens with zero attached hydrogens (tertiary/aromatic N) is 3. The molecule has 0 radical (unpaired) electrons. The summed E-state index contributed by atoms with van der Waals surface area (Å²) in [6.07, 6.45) is 13.3. The molecule has 0 bridgehead atoms. The molecule has 302 valence electrons. The first-order valence-corrected chi connectivity index (χ1v) is 21.5. The number of fused-ring (bicyclic) bond motifs is 5. The van der Waals surface area contributed by atoms with Crippen LogP contribution < -0.4 is 15.4 Å². The van der Waals surface area contributed by atoms with Gasteiger partial charge in [0.15, 0.2) is 0 Å². The van der Waals surface area contributed by atoms with Crippen LogP contribution in [-0.4, -0.2) is 82.8 Å². The van der Waals surface area contributed by atoms with Gasteiger partial charge in [-0.2, -0.15) is 0 Å². The number of benzene rings is 2. The first-order chi connectivity index (χ1) is 28.0. The lowest BCUT2D eigenvalue weighted by atomic mass is 10.0. The van der Waals surface area contributed by atoms with Gasteiger partial charge in [-0.15, -0.1) is 12.3 Å². The third-order valence-corrected chi connectivity index (χ3v) is 13.6. The highest BCUT2D eigenvalue weighted by Crippen LogP contribution is 2.46. The van der Waals surface area contributed by atoms with Crippen molar-refractivity contribution in [2.45, 2.75) is 113 Å². The second-order valence-electron chi connectivity index (χ2n) is 15.9. The fourth-order valence-corrected chi connectivity index (χ4v) is 9.85. The molecule has 6 atom stereocenters. The molecule has 2 aliphatic heterocycles. The Morgan fingerprint density at radius 1 is 1.05 bits per heavy atom. The van der Waals surface area contributed by atoms with Gasteiger partial charge >= 0.3 is 0 Å². The van der Waals surface area contributed by atoms with E-state index in [1.165, 1.54) is 11.0 Å². The number of hydrogen-bond donors (Lipinski definition) is 3. The number of terminal acetylenes is 1. The number of rotatable bonds is 9. The average Bonchev–Trinajstić information content (AvgIpc) is 4.08. The van der Waals surface area contributed by atoms with Crippen molar-refractivity contribution >= 4 is 39.4 Å². The predicted octanol–water partition coefficient (Wildman–Crippen LogP) is 4.29. The number of allylic oxidation sites excluding steroid dienone is 1. The molecule has 3 fully saturated rings. The number of sulfonamides is 1. The summed E-state index contributed by atoms with van der Waals surface area (Å²) in [6, 6.07) is 14.1. The molecule has 3 heterocycles. The summed E-state index contributed by atoms with van der Waals surface area (Å²) in [5, 5.41) is 13.6. The normalized spacial score (nSPS) is 27.3. The number of carbonyl (C=O) groups is 4. The number of aryl methyl sites for hydroxylation is 1. The minimum Gasteiger partial charge on any atom is -0.390 e. The molecule has 2 saturated carbocycles. The molecule has 5 aliphatic rings. The van der Waals surface area contributed by atoms with Gasteiger partial charge in [0.2, 0.25) is 27.6 Å². The summed E-state index contributed by atoms with van der Waals surface area (Å²) >= 11 is 0. The van der Waals surface area contributed by atoms with Gasteiger partial charge in [-0.1, -0.05) is 83.8 Å². The Labute approximate surface area is 337 Å². The Kier molecular flexibility index (Phi) is 10.7. The second kappa shape index (κ2) is 15.9. The molecule has 1 aromatic heterocycles. The summed E-state index contributed by atoms with van der Waals surface area (Å²) in [4.78, 5) is 65.0. The molecule has 58 heavy (non-hydrogen) atoms. The van der Waals surface area contributed by atoms with E-state index in [1.54, 1.807) is 6.92 Å². The Balaban J connectivity index is 1.16. The zero-order valence-corrected chi connectivity index (χ0v) is 33.0. The molecule has 3 aliphatic carbocycles. The van der Waals surface area contributed by atoms with Crippen molar-refractivity contribution in [3.63, 3.8) is 0 Å². The van der Waals surface area contributed by atoms with Crippen LogP contribution in [0.15, 0.2) is 76.4 Å². The monoisotopic (exact) mass is 806 g/mol. The molecular formula is C43H46N6O8S. The predicted molar refractivity (Wildman–Crippen MR) is 213 cm³/mol. The molecule has 3 N–H and O–H groups in total. The van der Waals surface area contributed by atoms with Crippen molar-refractivity contribution in [2.75, 3.05) is 0 Å². The fraction of sp³-hybridized carbons (Fsp3) is 0.442. The second-order valence-corrected chi connectivity index (χ2v) is 17.8. The first-order valence-electron chi connectivity index (χ1n) is 20.0. The zero-order chi connectivity index (χ0) is 40.6. The minimum absolute atomic E-state index is 0.0204. The number of nitrogens with one attached hydrogen (secondary N) is 3. The van der Waals surface area contributed by atoms with Crippen LogP contribution in [0.3, 0.4) is 0 Å². The van der Waals surface area contributed by atoms with Gasteiger partial charge in [0.25, 0.3) is 11.8 Å². The van der Waals surface area contributed by atoms with Crippen molar-refractivity contribution in [3.8, 4) is 23.5 Å². The van der Waals surface area contributed by atoms with Crippen LogP contribution in [-0.2, 0) is 29.2 Å². The molecular weight excluding hydrogens is 761 g/mol. The third-order valence-electron chi connectivity index (χ3n) is 11.8. The van der Waals surface area contributed by atoms with E-state index in [1.807, 2.05) is 60.7 Å². The molecule has 0 spiro atoms. The lowest BCUT2D eigenvalue weighted by molar-refractivity contribution is -0.143. The van der Waals surface area contributed by atoms with Gasteiger partial charge < -0.3 is 24.9 Å². The molecule has 14 nitrogen and oxygen atoms in total. The van der Waals surface area contributed by atoms with Crippen LogP contribution in [0.4, 0.5) is 0 Å². The largest absolute Gasteiger partial charge is 0.390 e. The molecule has 15 heteroatoms. The smallest absolute Gasteiger partial charge is 0.290 e. The Bertz CT molecular complexity index is 2300. The van der Waals surface area contributed by atoms with Crippen LogP contribution >= 0.6 is 0 Å². The molecule has 8 rings (SSSR count). The van der Waals surface area contributed by atoms with Crippen LogP contribution in [0.2, 0.25) is 0 Å². The van der Waals surface area contributed by atoms with Crippen LogP contribution in [0, 0.1) is 25.2 Å². The molecule has 1 saturated heterocycles. The SMILES string of the molecule is C#CCC[C@H]1[C@H](ON=C2c3ccccc3-c3ccccc32)CC2C(=O)NC3(C(=O)NS(=O)(=O)C4CC4)CC3/C=C\CCCCCC(NC(=O)c3cc(C)no3)C(=O)N21. The van der Waals surface area contributed by atoms with E-state index in [4.69, 9.17) is 20.9 Å². The number of carbonyl (C=O) groups excluding carboxylic acids is 4. The van der Waals surface area contributed by atoms with Crippen molar-refractivity contribution in [1.29, 1.82) is 0 Å². The van der Waals surface area contributed by atoms with E-state index in [-0.39, 0.29) is 37.9 Å². The maximum atomic E-state index is 15.0. The van der Waals surface area contributed by atoms with Crippen LogP contribution in [0.1, 0.15) is 98.0 Å². The topological polar surface area (TPSA) is 189 Å². The molecule has 3 aromatic rings. The van der Waals surface area contributed by atoms with Gasteiger partial charge in [-0.05, 0) is 63.0 Å². The van der Waals surface area contributed by atoms with Gasteiger partial charge in [0.05, 0.1) is 17.0 Å². The fourth-order valence-electron chi connectivity index (χ4n) is 8.49. The first kappa shape index (κ1) is 39.1. The lowest BCUT2D eigenvalue weighted by Crippen LogP contribution is -2.59. The Hall–Kier alpha value is -5.75. The van der Waals surface area contributed by atoms with Crippen molar-refractivity contribution < 1.29 is 37.0 Å². The van der Waals surface area contributed by atoms with E-state index >= 15 is 4.79 Å². The zero-order valence-electron chi connectivity index (χ0n) is 32.2. The highest BCUT2D eigenvalue weighted by molar-refractivity contribution is 7.91. The number of amides is 4. The third kappa shape index (κ3) is 7.65. The summed E-state index contributed by atoms with van der Waals surface area (Å²) in [5.74, 6) is -0.499. The lowest BCUT2D eigenvalue weighted by Gasteiger charge is -2.34. The summed E-state index contributed by atoms with van der Waals surface area (Å²) in [7, 11) is -3.93. The maximum Gasteiger partial charge on any atom is 0.290 e. The van der Waals surface area contributed by atoms with Gasteiger partial charge in [0, 0.05) is 36.0 Å². The van der Waals surface area contributed by atoms with Crippen molar-refractivity contribution in [1.82, 2.24) is 25.4 Å². The van der Waals surface area contributed by atoms with E-state index in [9.17, 15) is 22.8 Å². The quantitative estimate of drug-likeness (QED) is 0.126. The van der Waals surface area contributed by atoms with Crippen molar-refractivity contribution in [2.24, 2.45) is 11.1 Å². The van der Waals surface area contributed by atoms with Crippen molar-refractivity contribution in [3.05, 3.63) is 89.3 Å². The minimum atomic E-state index is -3.93. The van der Waals surface area contributed by atoms with E-state index in [0.29, 0.717) is 37.1 Å². The molecule has 4 unspecified atom stereocenters. The van der Waals surface area contributed by atoms with Gasteiger partial charge in [0.1, 0.15) is 29.4 Å². The number of aromatic nitrogens is 1. The Morgan fingerprint density at radius 3 is 2.41 bits per heavy atom. The standard InChI is InChI=1S/C43H46N6O8S/c1-3-4-20-34-36(56-47-38-31-17-12-10-15-29(31)30-16-11-13-18-32(30)38)24-35-39(50)45-43(42(53)48-58(54,55)28-21-22-28)25-27(43)14-8-6-5-7-9-19-33(41(52)49(34)35)44-40(51)37-23-26(2)46-57-37/h1,8,10-18,23,27-28,33-36H,4-7,9,19-22,24-25H2,2H3,(H,44,51)(H,45,50)(H,48,53)/b14-8-/t27?,33?,34-,35?,36+,43?/m0/s1. The summed E-state index contributed by atoms with van der Waals surface area (Å²) in [6.45, 7) is 1.68. The number of oxime groups is 1. The van der Waals surface area contributed by atoms with Crippen LogP contribution in [0.5, 0.6) is 0 Å². The molecule has 2 aromatic carbocycles. The summed E-state index contributed by atoms with van der Waals surface area (Å²) < 4.78 is 33.4. The highest BCUT2D eigenvalue weighted by atomic mass is 32.2. The Morgan fingerprint density at radius 2 is 1.76 bits per heavy atom. The van der Waals surface area contributed by atoms with E-state index < -0.39 is 74.6 Å². The highest BCUT2D eigenvalue weighted by Gasteiger charge is 2.62. The molecule has 4 amide bonds. The van der Waals surface area contributed by atoms with E-state index in [0.717, 1.165) is 35.1 Å². The maximum absolute atomic E-state index is 15.0. The van der Waals surface area contributed by atoms with Crippen LogP contribution in [0.25, 0.3) is 11.1 Å². The van der Waals surface area contributed by atoms with Gasteiger partial charge in [-0.3, -0.25) is 23.9 Å². The number of hydrogen-bond acceptors (Lipinski definition) is 10. The van der Waals surface area contributed by atoms with E-state index in [2.05, 4.69) is 26.4 Å². The average molecular weight is 807 g/mol. The summed E-state index contributed by atoms with van der Waals surface area (Å²) in [5.41, 5.74) is 3.29. The van der Waals surface area contributed by atoms with Gasteiger partial charge in [-0.25, -0.2) is 8.42 Å².